The Morgan fingerprint density at radius 3 is 2.32 bits per heavy atom. The van der Waals surface area contributed by atoms with Crippen LogP contribution in [0.5, 0.6) is 11.5 Å². The van der Waals surface area contributed by atoms with Gasteiger partial charge < -0.3 is 9.47 Å². The Hall–Kier alpha value is -1.81. The van der Waals surface area contributed by atoms with Crippen LogP contribution in [-0.2, 0) is 16.0 Å². The average molecular weight is 363 g/mol. The summed E-state index contributed by atoms with van der Waals surface area (Å²) in [4.78, 5) is 11.1. The first kappa shape index (κ1) is 16.6. The second-order valence-corrected chi connectivity index (χ2v) is 6.05. The van der Waals surface area contributed by atoms with E-state index in [-0.39, 0.29) is 10.8 Å². The highest BCUT2D eigenvalue weighted by atomic mass is 79.9. The molecule has 2 rings (SSSR count). The molecule has 0 spiro atoms. The van der Waals surface area contributed by atoms with Gasteiger partial charge in [0.1, 0.15) is 16.3 Å². The molecule has 0 saturated carbocycles. The van der Waals surface area contributed by atoms with E-state index in [0.29, 0.717) is 0 Å². The molecule has 0 fully saturated rings. The average Bonchev–Trinajstić information content (AvgIpc) is 2.56. The van der Waals surface area contributed by atoms with Crippen LogP contribution < -0.4 is 4.74 Å². The lowest BCUT2D eigenvalue weighted by Gasteiger charge is -2.08. The summed E-state index contributed by atoms with van der Waals surface area (Å²) in [5.74, 6) is 1.44. The van der Waals surface area contributed by atoms with Crippen molar-refractivity contribution in [2.24, 2.45) is 0 Å². The number of halogens is 1. The molecule has 0 aliphatic carbocycles. The number of methoxy groups -OCH3 is 1. The summed E-state index contributed by atoms with van der Waals surface area (Å²) in [6, 6.07) is 17.8. The number of carbonyl (C=O) groups excluding carboxylic acids is 1. The molecule has 116 valence electrons. The fourth-order valence-corrected chi connectivity index (χ4v) is 2.59. The molecule has 0 saturated heterocycles. The molecule has 0 bridgehead atoms. The van der Waals surface area contributed by atoms with Crippen LogP contribution in [0.1, 0.15) is 18.4 Å². The van der Waals surface area contributed by atoms with E-state index in [0.717, 1.165) is 30.8 Å². The fraction of sp³-hybridized carbons (Fsp3) is 0.278. The maximum Gasteiger partial charge on any atom is 0.319 e. The second-order valence-electron chi connectivity index (χ2n) is 4.94. The molecule has 0 aromatic heterocycles. The van der Waals surface area contributed by atoms with Crippen molar-refractivity contribution in [2.45, 2.75) is 24.1 Å². The van der Waals surface area contributed by atoms with Gasteiger partial charge in [0.2, 0.25) is 0 Å². The van der Waals surface area contributed by atoms with Gasteiger partial charge in [0.25, 0.3) is 0 Å². The number of hydrogen-bond donors (Lipinski definition) is 0. The molecule has 3 nitrogen and oxygen atoms in total. The quantitative estimate of drug-likeness (QED) is 0.527. The van der Waals surface area contributed by atoms with E-state index in [2.05, 4.69) is 32.8 Å². The lowest BCUT2D eigenvalue weighted by Crippen LogP contribution is -2.15. The molecule has 2 aromatic carbocycles. The maximum atomic E-state index is 11.3. The van der Waals surface area contributed by atoms with Crippen molar-refractivity contribution < 1.29 is 14.3 Å². The van der Waals surface area contributed by atoms with Gasteiger partial charge in [-0.2, -0.15) is 0 Å². The Labute approximate surface area is 139 Å². The molecule has 0 radical (unpaired) electrons. The summed E-state index contributed by atoms with van der Waals surface area (Å²) >= 11 is 3.33. The Morgan fingerprint density at radius 2 is 1.68 bits per heavy atom. The third-order valence-corrected chi connectivity index (χ3v) is 4.11. The SMILES string of the molecule is COC(=O)C(Br)CCCc1ccc(Oc2ccccc2)cc1. The molecule has 0 N–H and O–H groups in total. The van der Waals surface area contributed by atoms with Gasteiger partial charge in [0, 0.05) is 0 Å². The van der Waals surface area contributed by atoms with Crippen LogP contribution in [0.2, 0.25) is 0 Å². The number of carbonyl (C=O) groups is 1. The normalized spacial score (nSPS) is 11.7. The summed E-state index contributed by atoms with van der Waals surface area (Å²) in [6.07, 6.45) is 2.60. The lowest BCUT2D eigenvalue weighted by atomic mass is 10.1. The third-order valence-electron chi connectivity index (χ3n) is 3.28. The van der Waals surface area contributed by atoms with Crippen molar-refractivity contribution in [3.05, 3.63) is 60.2 Å². The van der Waals surface area contributed by atoms with E-state index in [1.807, 2.05) is 42.5 Å². The van der Waals surface area contributed by atoms with Gasteiger partial charge in [-0.15, -0.1) is 0 Å². The maximum absolute atomic E-state index is 11.3. The van der Waals surface area contributed by atoms with Gasteiger partial charge in [-0.25, -0.2) is 0 Å². The minimum absolute atomic E-state index is 0.216. The van der Waals surface area contributed by atoms with Gasteiger partial charge in [0.05, 0.1) is 7.11 Å². The number of hydrogen-bond acceptors (Lipinski definition) is 3. The van der Waals surface area contributed by atoms with Crippen LogP contribution in [-0.4, -0.2) is 17.9 Å². The minimum Gasteiger partial charge on any atom is -0.468 e. The van der Waals surface area contributed by atoms with E-state index in [4.69, 9.17) is 4.74 Å². The predicted molar refractivity (Wildman–Crippen MR) is 90.6 cm³/mol. The monoisotopic (exact) mass is 362 g/mol. The van der Waals surface area contributed by atoms with Crippen molar-refractivity contribution in [2.75, 3.05) is 7.11 Å². The van der Waals surface area contributed by atoms with Crippen molar-refractivity contribution in [3.63, 3.8) is 0 Å². The van der Waals surface area contributed by atoms with Crippen LogP contribution in [0.15, 0.2) is 54.6 Å². The summed E-state index contributed by atoms with van der Waals surface area (Å²) < 4.78 is 10.4. The predicted octanol–water partition coefficient (Wildman–Crippen LogP) is 4.74. The van der Waals surface area contributed by atoms with E-state index >= 15 is 0 Å². The standard InChI is InChI=1S/C18H19BrO3/c1-21-18(20)17(19)9-5-6-14-10-12-16(13-11-14)22-15-7-3-2-4-8-15/h2-4,7-8,10-13,17H,5-6,9H2,1H3. The number of benzene rings is 2. The van der Waals surface area contributed by atoms with Crippen molar-refractivity contribution in [1.29, 1.82) is 0 Å². The van der Waals surface area contributed by atoms with Gasteiger partial charge in [-0.3, -0.25) is 4.79 Å². The fourth-order valence-electron chi connectivity index (χ4n) is 2.08. The highest BCUT2D eigenvalue weighted by Gasteiger charge is 2.14. The Kier molecular flexibility index (Phi) is 6.46. The van der Waals surface area contributed by atoms with Crippen molar-refractivity contribution >= 4 is 21.9 Å². The lowest BCUT2D eigenvalue weighted by molar-refractivity contribution is -0.139. The summed E-state index contributed by atoms with van der Waals surface area (Å²) in [5, 5.41) is 0. The molecular weight excluding hydrogens is 344 g/mol. The molecule has 4 heteroatoms. The van der Waals surface area contributed by atoms with Gasteiger partial charge in [-0.1, -0.05) is 46.3 Å². The van der Waals surface area contributed by atoms with E-state index in [1.165, 1.54) is 12.7 Å². The van der Waals surface area contributed by atoms with Crippen LogP contribution in [0.4, 0.5) is 0 Å². The van der Waals surface area contributed by atoms with Crippen LogP contribution in [0.25, 0.3) is 0 Å². The Morgan fingerprint density at radius 1 is 1.05 bits per heavy atom. The zero-order valence-corrected chi connectivity index (χ0v) is 14.1. The molecule has 0 heterocycles. The van der Waals surface area contributed by atoms with Crippen LogP contribution in [0.3, 0.4) is 0 Å². The number of rotatable bonds is 7. The molecular formula is C18H19BrO3. The van der Waals surface area contributed by atoms with E-state index < -0.39 is 0 Å². The van der Waals surface area contributed by atoms with E-state index in [9.17, 15) is 4.79 Å². The number of esters is 1. The number of alkyl halides is 1. The largest absolute Gasteiger partial charge is 0.468 e. The van der Waals surface area contributed by atoms with Gasteiger partial charge in [-0.05, 0) is 49.1 Å². The first-order valence-electron chi connectivity index (χ1n) is 7.23. The topological polar surface area (TPSA) is 35.5 Å². The van der Waals surface area contributed by atoms with Gasteiger partial charge in [0.15, 0.2) is 0 Å². The molecule has 0 aliphatic rings. The molecule has 2 aromatic rings. The highest BCUT2D eigenvalue weighted by Crippen LogP contribution is 2.22. The minimum atomic E-state index is -0.224. The zero-order chi connectivity index (χ0) is 15.8. The van der Waals surface area contributed by atoms with Crippen LogP contribution >= 0.6 is 15.9 Å². The first-order valence-corrected chi connectivity index (χ1v) is 8.14. The second kappa shape index (κ2) is 8.59. The number of para-hydroxylation sites is 1. The first-order chi connectivity index (χ1) is 10.7. The van der Waals surface area contributed by atoms with Crippen molar-refractivity contribution in [1.82, 2.24) is 0 Å². The Balaban J connectivity index is 1.81. The van der Waals surface area contributed by atoms with Crippen LogP contribution in [0, 0.1) is 0 Å². The summed E-state index contributed by atoms with van der Waals surface area (Å²) in [6.45, 7) is 0. The number of ether oxygens (including phenoxy) is 2. The van der Waals surface area contributed by atoms with E-state index in [1.54, 1.807) is 0 Å². The molecule has 22 heavy (non-hydrogen) atoms. The third kappa shape index (κ3) is 5.19. The molecule has 1 unspecified atom stereocenters. The van der Waals surface area contributed by atoms with Gasteiger partial charge >= 0.3 is 5.97 Å². The number of aryl methyl sites for hydroxylation is 1. The highest BCUT2D eigenvalue weighted by molar-refractivity contribution is 9.10. The smallest absolute Gasteiger partial charge is 0.319 e. The summed E-state index contributed by atoms with van der Waals surface area (Å²) in [5.41, 5.74) is 1.23. The molecule has 0 amide bonds. The van der Waals surface area contributed by atoms with Crippen molar-refractivity contribution in [3.8, 4) is 11.5 Å². The molecule has 1 atom stereocenters. The summed E-state index contributed by atoms with van der Waals surface area (Å²) in [7, 11) is 1.40. The zero-order valence-electron chi connectivity index (χ0n) is 12.5. The molecule has 0 aliphatic heterocycles. The Bertz CT molecular complexity index is 581.